The van der Waals surface area contributed by atoms with Crippen LogP contribution in [0.3, 0.4) is 0 Å². The molecule has 1 aliphatic rings. The molecule has 1 fully saturated rings. The zero-order valence-corrected chi connectivity index (χ0v) is 18.5. The predicted molar refractivity (Wildman–Crippen MR) is 107 cm³/mol. The Hall–Kier alpha value is -2.11. The van der Waals surface area contributed by atoms with Crippen LogP contribution in [0.2, 0.25) is 5.02 Å². The molecule has 2 atom stereocenters. The molecule has 0 aliphatic heterocycles. The molecule has 0 aromatic heterocycles. The van der Waals surface area contributed by atoms with Crippen LogP contribution in [-0.4, -0.2) is 22.2 Å². The van der Waals surface area contributed by atoms with Gasteiger partial charge in [-0.2, -0.15) is 13.2 Å². The number of hydrogen-bond acceptors (Lipinski definition) is 2. The van der Waals surface area contributed by atoms with E-state index in [2.05, 4.69) is 5.32 Å². The summed E-state index contributed by atoms with van der Waals surface area (Å²) in [6.07, 6.45) is -6.92. The average Bonchev–Trinajstić information content (AvgIpc) is 3.31. The van der Waals surface area contributed by atoms with Crippen molar-refractivity contribution in [3.05, 3.63) is 63.4 Å². The minimum atomic E-state index is -4.59. The van der Waals surface area contributed by atoms with Crippen LogP contribution in [0.25, 0.3) is 0 Å². The lowest BCUT2D eigenvalue weighted by Gasteiger charge is -2.10. The summed E-state index contributed by atoms with van der Waals surface area (Å²) in [7, 11) is 0. The first-order chi connectivity index (χ1) is 15.6. The van der Waals surface area contributed by atoms with Crippen molar-refractivity contribution in [2.45, 2.75) is 29.3 Å². The summed E-state index contributed by atoms with van der Waals surface area (Å²) in [4.78, 5) is 24.7. The standard InChI is InChI=1S/C20H10Cl3F8NO2/c21-8-2-1-6(5-7(8)9(33)3-4-19(29,30)31)32-18(34)12-11(20(12,22)23)10-13(24)15(26)17(28)16(27)14(10)25/h1-2,5,11-12H,3-4H2,(H,32,34). The summed E-state index contributed by atoms with van der Waals surface area (Å²) >= 11 is 17.6. The minimum absolute atomic E-state index is 0.169. The van der Waals surface area contributed by atoms with Crippen molar-refractivity contribution >= 4 is 52.2 Å². The molecule has 1 aliphatic carbocycles. The maximum Gasteiger partial charge on any atom is 0.389 e. The fourth-order valence-corrected chi connectivity index (χ4v) is 4.35. The number of amides is 1. The highest BCUT2D eigenvalue weighted by molar-refractivity contribution is 6.53. The van der Waals surface area contributed by atoms with Crippen molar-refractivity contribution in [1.29, 1.82) is 0 Å². The molecule has 3 rings (SSSR count). The SMILES string of the molecule is O=C(CCC(F)(F)F)c1cc(NC(=O)C2C(c3c(F)c(F)c(F)c(F)c3F)C2(Cl)Cl)ccc1Cl. The van der Waals surface area contributed by atoms with Gasteiger partial charge in [0.25, 0.3) is 0 Å². The number of Topliss-reactive ketones (excluding diaryl/α,β-unsaturated/α-hetero) is 1. The van der Waals surface area contributed by atoms with E-state index >= 15 is 0 Å². The first kappa shape index (κ1) is 26.5. The van der Waals surface area contributed by atoms with Crippen LogP contribution < -0.4 is 5.32 Å². The molecule has 0 heterocycles. The molecule has 1 saturated carbocycles. The van der Waals surface area contributed by atoms with Gasteiger partial charge in [-0.05, 0) is 18.2 Å². The molecule has 14 heteroatoms. The highest BCUT2D eigenvalue weighted by Crippen LogP contribution is 2.66. The minimum Gasteiger partial charge on any atom is -0.326 e. The van der Waals surface area contributed by atoms with E-state index in [4.69, 9.17) is 34.8 Å². The molecule has 0 saturated heterocycles. The van der Waals surface area contributed by atoms with Crippen LogP contribution in [-0.2, 0) is 4.79 Å². The quantitative estimate of drug-likeness (QED) is 0.136. The molecule has 2 aromatic rings. The number of halogens is 11. The van der Waals surface area contributed by atoms with Gasteiger partial charge >= 0.3 is 6.18 Å². The second-order valence-electron chi connectivity index (χ2n) is 7.34. The lowest BCUT2D eigenvalue weighted by atomic mass is 10.0. The Kier molecular flexibility index (Phi) is 7.14. The zero-order valence-electron chi connectivity index (χ0n) is 16.3. The number of ketones is 1. The van der Waals surface area contributed by atoms with Gasteiger partial charge < -0.3 is 5.32 Å². The van der Waals surface area contributed by atoms with Crippen molar-refractivity contribution in [2.24, 2.45) is 5.92 Å². The molecular formula is C20H10Cl3F8NO2. The largest absolute Gasteiger partial charge is 0.389 e. The van der Waals surface area contributed by atoms with Crippen LogP contribution >= 0.6 is 34.8 Å². The molecule has 1 amide bonds. The van der Waals surface area contributed by atoms with Gasteiger partial charge in [-0.1, -0.05) is 11.6 Å². The Morgan fingerprint density at radius 2 is 1.47 bits per heavy atom. The van der Waals surface area contributed by atoms with Gasteiger partial charge in [0.2, 0.25) is 11.7 Å². The summed E-state index contributed by atoms with van der Waals surface area (Å²) in [5.74, 6) is -16.9. The van der Waals surface area contributed by atoms with Gasteiger partial charge in [0, 0.05) is 29.2 Å². The molecular weight excluding hydrogens is 545 g/mol. The fourth-order valence-electron chi connectivity index (χ4n) is 3.33. The fraction of sp³-hybridized carbons (Fsp3) is 0.300. The Morgan fingerprint density at radius 1 is 0.941 bits per heavy atom. The highest BCUT2D eigenvalue weighted by atomic mass is 35.5. The van der Waals surface area contributed by atoms with Crippen molar-refractivity contribution < 1.29 is 44.7 Å². The number of rotatable bonds is 6. The van der Waals surface area contributed by atoms with Gasteiger partial charge in [0.05, 0.1) is 17.4 Å². The topological polar surface area (TPSA) is 46.2 Å². The average molecular weight is 555 g/mol. The van der Waals surface area contributed by atoms with Crippen molar-refractivity contribution in [3.8, 4) is 0 Å². The van der Waals surface area contributed by atoms with Crippen molar-refractivity contribution in [2.75, 3.05) is 5.32 Å². The normalized spacial score (nSPS) is 19.1. The number of nitrogens with one attached hydrogen (secondary N) is 1. The van der Waals surface area contributed by atoms with E-state index in [1.54, 1.807) is 0 Å². The molecule has 0 spiro atoms. The van der Waals surface area contributed by atoms with E-state index in [0.717, 1.165) is 18.2 Å². The van der Waals surface area contributed by atoms with Gasteiger partial charge in [0.1, 0.15) is 4.33 Å². The Labute approximate surface area is 201 Å². The van der Waals surface area contributed by atoms with Gasteiger partial charge in [0.15, 0.2) is 29.1 Å². The summed E-state index contributed by atoms with van der Waals surface area (Å²) in [5.41, 5.74) is -1.89. The van der Waals surface area contributed by atoms with E-state index < -0.39 is 81.5 Å². The van der Waals surface area contributed by atoms with E-state index in [-0.39, 0.29) is 16.3 Å². The predicted octanol–water partition coefficient (Wildman–Crippen LogP) is 7.09. The number of carbonyl (C=O) groups excluding carboxylic acids is 2. The summed E-state index contributed by atoms with van der Waals surface area (Å²) in [5, 5.41) is 1.98. The van der Waals surface area contributed by atoms with E-state index in [1.807, 2.05) is 0 Å². The van der Waals surface area contributed by atoms with E-state index in [0.29, 0.717) is 0 Å². The van der Waals surface area contributed by atoms with Crippen molar-refractivity contribution in [3.63, 3.8) is 0 Å². The van der Waals surface area contributed by atoms with Crippen LogP contribution in [0.1, 0.15) is 34.7 Å². The second kappa shape index (κ2) is 9.16. The highest BCUT2D eigenvalue weighted by Gasteiger charge is 2.69. The lowest BCUT2D eigenvalue weighted by Crippen LogP contribution is -2.18. The third-order valence-electron chi connectivity index (χ3n) is 5.06. The van der Waals surface area contributed by atoms with E-state index in [9.17, 15) is 44.7 Å². The molecule has 34 heavy (non-hydrogen) atoms. The zero-order chi connectivity index (χ0) is 25.7. The second-order valence-corrected chi connectivity index (χ2v) is 9.19. The summed E-state index contributed by atoms with van der Waals surface area (Å²) in [6, 6.07) is 3.21. The van der Waals surface area contributed by atoms with Crippen molar-refractivity contribution in [1.82, 2.24) is 0 Å². The first-order valence-electron chi connectivity index (χ1n) is 9.17. The monoisotopic (exact) mass is 553 g/mol. The number of alkyl halides is 5. The Bertz CT molecular complexity index is 1160. The molecule has 2 aromatic carbocycles. The number of hydrogen-bond donors (Lipinski definition) is 1. The van der Waals surface area contributed by atoms with Crippen LogP contribution in [0.5, 0.6) is 0 Å². The number of carbonyl (C=O) groups is 2. The molecule has 0 radical (unpaired) electrons. The van der Waals surface area contributed by atoms with Crippen LogP contribution in [0.4, 0.5) is 40.8 Å². The molecule has 0 bridgehead atoms. The Morgan fingerprint density at radius 3 is 2.00 bits per heavy atom. The third kappa shape index (κ3) is 4.96. The first-order valence-corrected chi connectivity index (χ1v) is 10.3. The smallest absolute Gasteiger partial charge is 0.326 e. The summed E-state index contributed by atoms with van der Waals surface area (Å²) in [6.45, 7) is 0. The summed E-state index contributed by atoms with van der Waals surface area (Å²) < 4.78 is 104. The van der Waals surface area contributed by atoms with Crippen LogP contribution in [0.15, 0.2) is 18.2 Å². The molecule has 3 nitrogen and oxygen atoms in total. The van der Waals surface area contributed by atoms with Crippen LogP contribution in [0, 0.1) is 35.0 Å². The maximum absolute atomic E-state index is 14.1. The third-order valence-corrected chi connectivity index (χ3v) is 6.33. The maximum atomic E-state index is 14.1. The number of benzene rings is 2. The van der Waals surface area contributed by atoms with Gasteiger partial charge in [-0.25, -0.2) is 22.0 Å². The van der Waals surface area contributed by atoms with E-state index in [1.165, 1.54) is 0 Å². The Balaban J connectivity index is 1.84. The van der Waals surface area contributed by atoms with Gasteiger partial charge in [-0.15, -0.1) is 23.2 Å². The molecule has 2 unspecified atom stereocenters. The molecule has 184 valence electrons. The molecule has 1 N–H and O–H groups in total. The van der Waals surface area contributed by atoms with Gasteiger partial charge in [-0.3, -0.25) is 9.59 Å². The lowest BCUT2D eigenvalue weighted by molar-refractivity contribution is -0.133. The number of anilines is 1.